The van der Waals surface area contributed by atoms with Crippen molar-refractivity contribution in [2.45, 2.75) is 90.3 Å². The first-order valence-corrected chi connectivity index (χ1v) is 18.6. The molecular formula is C43H43F10NO8. The summed E-state index contributed by atoms with van der Waals surface area (Å²) in [7, 11) is 3.55. The third kappa shape index (κ3) is 11.7. The summed E-state index contributed by atoms with van der Waals surface area (Å²) >= 11 is 0. The van der Waals surface area contributed by atoms with E-state index in [0.29, 0.717) is 17.0 Å². The Morgan fingerprint density at radius 2 is 1.19 bits per heavy atom. The van der Waals surface area contributed by atoms with Crippen molar-refractivity contribution in [3.05, 3.63) is 106 Å². The molecule has 2 unspecified atom stereocenters. The van der Waals surface area contributed by atoms with Crippen LogP contribution in [0.3, 0.4) is 0 Å². The molecule has 0 aliphatic rings. The van der Waals surface area contributed by atoms with Crippen LogP contribution in [0.5, 0.6) is 23.0 Å². The highest BCUT2D eigenvalue weighted by Gasteiger charge is 2.42. The molecule has 9 nitrogen and oxygen atoms in total. The van der Waals surface area contributed by atoms with E-state index < -0.39 is 94.8 Å². The molecule has 19 heteroatoms. The van der Waals surface area contributed by atoms with E-state index in [2.05, 4.69) is 0 Å². The van der Waals surface area contributed by atoms with Crippen LogP contribution in [-0.2, 0) is 34.5 Å². The molecule has 1 amide bonds. The summed E-state index contributed by atoms with van der Waals surface area (Å²) in [5, 5.41) is 0. The Morgan fingerprint density at radius 1 is 0.661 bits per heavy atom. The van der Waals surface area contributed by atoms with Gasteiger partial charge in [0, 0.05) is 11.6 Å². The summed E-state index contributed by atoms with van der Waals surface area (Å²) in [5.41, 5.74) is -7.36. The van der Waals surface area contributed by atoms with Gasteiger partial charge >= 0.3 is 30.8 Å². The summed E-state index contributed by atoms with van der Waals surface area (Å²) in [5.74, 6) is -1.93. The van der Waals surface area contributed by atoms with E-state index in [1.54, 1.807) is 13.8 Å². The van der Waals surface area contributed by atoms with Crippen LogP contribution in [0.1, 0.15) is 86.9 Å². The minimum atomic E-state index is -5.39. The molecule has 62 heavy (non-hydrogen) atoms. The molecule has 0 aliphatic heterocycles. The normalized spacial score (nSPS) is 13.3. The van der Waals surface area contributed by atoms with Crippen molar-refractivity contribution < 1.29 is 81.9 Å². The Labute approximate surface area is 350 Å². The van der Waals surface area contributed by atoms with Gasteiger partial charge in [-0.05, 0) is 104 Å². The van der Waals surface area contributed by atoms with E-state index in [9.17, 15) is 49.1 Å². The number of benzene rings is 4. The fourth-order valence-corrected chi connectivity index (χ4v) is 6.32. The average molecular weight is 892 g/mol. The zero-order valence-corrected chi connectivity index (χ0v) is 34.8. The Hall–Kier alpha value is -5.88. The van der Waals surface area contributed by atoms with E-state index in [1.807, 2.05) is 0 Å². The number of hydrogen-bond donors (Lipinski definition) is 0. The Balaban J connectivity index is 2.04. The van der Waals surface area contributed by atoms with E-state index in [-0.39, 0.29) is 57.7 Å². The molecule has 0 fully saturated rings. The largest absolute Gasteiger partial charge is 0.514 e. The molecule has 4 rings (SSSR count). The second-order valence-electron chi connectivity index (χ2n) is 15.2. The molecule has 0 bridgehead atoms. The Kier molecular flexibility index (Phi) is 14.6. The fourth-order valence-electron chi connectivity index (χ4n) is 6.32. The molecule has 0 aromatic heterocycles. The third-order valence-electron chi connectivity index (χ3n) is 9.29. The molecule has 0 radical (unpaired) electrons. The highest BCUT2D eigenvalue weighted by atomic mass is 19.4. The van der Waals surface area contributed by atoms with Gasteiger partial charge in [0.1, 0.15) is 17.2 Å². The van der Waals surface area contributed by atoms with Crippen molar-refractivity contribution in [2.75, 3.05) is 21.3 Å². The minimum absolute atomic E-state index is 0.0453. The fraction of sp³-hybridized carbons (Fsp3) is 0.395. The van der Waals surface area contributed by atoms with Gasteiger partial charge in [0.25, 0.3) is 0 Å². The molecule has 4 aromatic carbocycles. The first-order chi connectivity index (χ1) is 28.6. The lowest BCUT2D eigenvalue weighted by Crippen LogP contribution is -2.45. The standard InChI is InChI=1S/C43H43F10NO8/c1-22(2)30-19-31(35(59-9)20-32(30)44)29-14-13-26(41(45,46)47)17-25(29)21-54(38(55)62-40(4,5)6)23(3)36(24-15-27(42(48,49)50)18-28(16-24)43(51,52)53)60-39(56)61-37-33(57-7)11-10-12-34(37)58-8/h10-20,22-23,36H,21H2,1-9H3. The summed E-state index contributed by atoms with van der Waals surface area (Å²) in [6.45, 7) is 7.68. The number of para-hydroxylation sites is 1. The van der Waals surface area contributed by atoms with Crippen molar-refractivity contribution in [1.29, 1.82) is 0 Å². The van der Waals surface area contributed by atoms with Gasteiger partial charge in [-0.1, -0.05) is 26.0 Å². The van der Waals surface area contributed by atoms with Gasteiger partial charge in [-0.2, -0.15) is 39.5 Å². The van der Waals surface area contributed by atoms with Crippen LogP contribution in [0.2, 0.25) is 0 Å². The third-order valence-corrected chi connectivity index (χ3v) is 9.29. The summed E-state index contributed by atoms with van der Waals surface area (Å²) in [6, 6.07) is 7.30. The summed E-state index contributed by atoms with van der Waals surface area (Å²) in [4.78, 5) is 28.5. The zero-order valence-electron chi connectivity index (χ0n) is 34.8. The highest BCUT2D eigenvalue weighted by Crippen LogP contribution is 2.43. The predicted molar refractivity (Wildman–Crippen MR) is 205 cm³/mol. The van der Waals surface area contributed by atoms with Crippen LogP contribution in [0.15, 0.2) is 66.7 Å². The zero-order chi connectivity index (χ0) is 46.7. The highest BCUT2D eigenvalue weighted by molar-refractivity contribution is 5.76. The van der Waals surface area contributed by atoms with Gasteiger partial charge < -0.3 is 28.4 Å². The number of rotatable bonds is 12. The van der Waals surface area contributed by atoms with Gasteiger partial charge in [0.05, 0.1) is 50.6 Å². The van der Waals surface area contributed by atoms with Gasteiger partial charge in [-0.25, -0.2) is 14.0 Å². The van der Waals surface area contributed by atoms with Crippen LogP contribution in [-0.4, -0.2) is 50.1 Å². The monoisotopic (exact) mass is 891 g/mol. The van der Waals surface area contributed by atoms with Gasteiger partial charge in [-0.15, -0.1) is 0 Å². The second-order valence-corrected chi connectivity index (χ2v) is 15.2. The SMILES string of the molecule is COc1cc(F)c(C(C)C)cc1-c1ccc(C(F)(F)F)cc1CN(C(=O)OC(C)(C)C)C(C)C(OC(=O)Oc1c(OC)cccc1OC)c1cc(C(F)(F)F)cc(C(F)(F)F)c1. The molecule has 0 saturated carbocycles. The number of carbonyl (C=O) groups excluding carboxylic acids is 2. The van der Waals surface area contributed by atoms with E-state index in [1.165, 1.54) is 66.4 Å². The molecule has 338 valence electrons. The Bertz CT molecular complexity index is 2190. The van der Waals surface area contributed by atoms with Crippen LogP contribution >= 0.6 is 0 Å². The molecule has 0 spiro atoms. The number of alkyl halides is 9. The van der Waals surface area contributed by atoms with Crippen LogP contribution < -0.4 is 18.9 Å². The Morgan fingerprint density at radius 3 is 1.66 bits per heavy atom. The molecule has 0 heterocycles. The molecule has 0 aliphatic carbocycles. The predicted octanol–water partition coefficient (Wildman–Crippen LogP) is 12.8. The minimum Gasteiger partial charge on any atom is -0.496 e. The second kappa shape index (κ2) is 18.6. The molecule has 0 N–H and O–H groups in total. The van der Waals surface area contributed by atoms with Gasteiger partial charge in [-0.3, -0.25) is 4.90 Å². The molecule has 0 saturated heterocycles. The number of halogens is 10. The maximum absolute atomic E-state index is 15.2. The maximum atomic E-state index is 15.2. The number of carbonyl (C=O) groups is 2. The van der Waals surface area contributed by atoms with E-state index >= 15 is 4.39 Å². The number of amides is 1. The number of ether oxygens (including phenoxy) is 6. The van der Waals surface area contributed by atoms with Crippen LogP contribution in [0.25, 0.3) is 11.1 Å². The first-order valence-electron chi connectivity index (χ1n) is 18.6. The van der Waals surface area contributed by atoms with Crippen LogP contribution in [0.4, 0.5) is 53.5 Å². The number of methoxy groups -OCH3 is 3. The first kappa shape index (κ1) is 48.8. The number of hydrogen-bond acceptors (Lipinski definition) is 8. The molecular weight excluding hydrogens is 848 g/mol. The molecule has 2 atom stereocenters. The van der Waals surface area contributed by atoms with Crippen molar-refractivity contribution in [2.24, 2.45) is 0 Å². The lowest BCUT2D eigenvalue weighted by molar-refractivity contribution is -0.143. The van der Waals surface area contributed by atoms with Crippen molar-refractivity contribution >= 4 is 12.2 Å². The lowest BCUT2D eigenvalue weighted by atomic mass is 9.91. The van der Waals surface area contributed by atoms with Gasteiger partial charge in [0.15, 0.2) is 17.6 Å². The summed E-state index contributed by atoms with van der Waals surface area (Å²) in [6.07, 6.45) is -21.2. The van der Waals surface area contributed by atoms with E-state index in [0.717, 1.165) is 19.1 Å². The van der Waals surface area contributed by atoms with E-state index in [4.69, 9.17) is 28.4 Å². The van der Waals surface area contributed by atoms with Crippen molar-refractivity contribution in [1.82, 2.24) is 4.90 Å². The molecule has 4 aromatic rings. The average Bonchev–Trinajstić information content (AvgIpc) is 3.16. The van der Waals surface area contributed by atoms with Crippen molar-refractivity contribution in [3.8, 4) is 34.1 Å². The van der Waals surface area contributed by atoms with Gasteiger partial charge in [0.2, 0.25) is 5.75 Å². The maximum Gasteiger partial charge on any atom is 0.514 e. The number of nitrogens with zero attached hydrogens (tertiary/aromatic N) is 1. The topological polar surface area (TPSA) is 92.8 Å². The van der Waals surface area contributed by atoms with Crippen LogP contribution in [0, 0.1) is 5.82 Å². The van der Waals surface area contributed by atoms with Crippen molar-refractivity contribution in [3.63, 3.8) is 0 Å². The quantitative estimate of drug-likeness (QED) is 0.0789. The smallest absolute Gasteiger partial charge is 0.496 e. The summed E-state index contributed by atoms with van der Waals surface area (Å²) < 4.78 is 176. The lowest BCUT2D eigenvalue weighted by Gasteiger charge is -2.36.